The first kappa shape index (κ1) is 11.4. The van der Waals surface area contributed by atoms with Gasteiger partial charge in [0.1, 0.15) is 12.4 Å². The molecule has 15 heavy (non-hydrogen) atoms. The molecule has 0 saturated heterocycles. The molecule has 0 unspecified atom stereocenters. The Balaban J connectivity index is 2.81. The molecular formula is C12H16O3. The van der Waals surface area contributed by atoms with Crippen LogP contribution in [0.4, 0.5) is 0 Å². The van der Waals surface area contributed by atoms with Crippen LogP contribution in [0.5, 0.6) is 17.2 Å². The maximum Gasteiger partial charge on any atom is 0.164 e. The number of rotatable bonds is 6. The standard InChI is InChI=1S/C12H16O3/c1-4-8-15-10-6-7-11(14-5-2)12(9-10)13-3/h4,6-7,9H,1,5,8H2,2-3H3. The molecular weight excluding hydrogens is 192 g/mol. The zero-order valence-corrected chi connectivity index (χ0v) is 9.16. The van der Waals surface area contributed by atoms with Gasteiger partial charge in [-0.05, 0) is 19.1 Å². The Morgan fingerprint density at radius 3 is 2.67 bits per heavy atom. The zero-order chi connectivity index (χ0) is 11.1. The van der Waals surface area contributed by atoms with Crippen molar-refractivity contribution in [2.75, 3.05) is 20.3 Å². The van der Waals surface area contributed by atoms with Crippen molar-refractivity contribution in [1.29, 1.82) is 0 Å². The molecule has 1 rings (SSSR count). The highest BCUT2D eigenvalue weighted by atomic mass is 16.5. The zero-order valence-electron chi connectivity index (χ0n) is 9.16. The van der Waals surface area contributed by atoms with Crippen molar-refractivity contribution in [2.24, 2.45) is 0 Å². The predicted octanol–water partition coefficient (Wildman–Crippen LogP) is 2.66. The first-order valence-corrected chi connectivity index (χ1v) is 4.86. The minimum absolute atomic E-state index is 0.483. The smallest absolute Gasteiger partial charge is 0.164 e. The molecule has 0 aliphatic rings. The summed E-state index contributed by atoms with van der Waals surface area (Å²) in [5.74, 6) is 2.15. The molecule has 0 radical (unpaired) electrons. The van der Waals surface area contributed by atoms with Crippen LogP contribution in [-0.2, 0) is 0 Å². The average Bonchev–Trinajstić information content (AvgIpc) is 2.28. The average molecular weight is 208 g/mol. The van der Waals surface area contributed by atoms with Crippen LogP contribution in [0.1, 0.15) is 6.92 Å². The summed E-state index contributed by atoms with van der Waals surface area (Å²) in [5.41, 5.74) is 0. The van der Waals surface area contributed by atoms with Gasteiger partial charge in [0.15, 0.2) is 11.5 Å². The second-order valence-corrected chi connectivity index (χ2v) is 2.85. The minimum Gasteiger partial charge on any atom is -0.493 e. The van der Waals surface area contributed by atoms with Crippen LogP contribution in [0.3, 0.4) is 0 Å². The lowest BCUT2D eigenvalue weighted by molar-refractivity contribution is 0.306. The highest BCUT2D eigenvalue weighted by Crippen LogP contribution is 2.31. The van der Waals surface area contributed by atoms with Gasteiger partial charge < -0.3 is 14.2 Å². The van der Waals surface area contributed by atoms with Gasteiger partial charge in [-0.15, -0.1) is 0 Å². The monoisotopic (exact) mass is 208 g/mol. The molecule has 0 aromatic heterocycles. The Hall–Kier alpha value is -1.64. The van der Waals surface area contributed by atoms with E-state index in [-0.39, 0.29) is 0 Å². The van der Waals surface area contributed by atoms with E-state index < -0.39 is 0 Å². The van der Waals surface area contributed by atoms with Gasteiger partial charge in [-0.25, -0.2) is 0 Å². The summed E-state index contributed by atoms with van der Waals surface area (Å²) in [4.78, 5) is 0. The molecule has 0 aliphatic heterocycles. The Labute approximate surface area is 90.3 Å². The lowest BCUT2D eigenvalue weighted by atomic mass is 10.3. The van der Waals surface area contributed by atoms with Crippen molar-refractivity contribution < 1.29 is 14.2 Å². The molecule has 0 saturated carbocycles. The third-order valence-electron chi connectivity index (χ3n) is 1.80. The first-order valence-electron chi connectivity index (χ1n) is 4.86. The lowest BCUT2D eigenvalue weighted by Gasteiger charge is -2.11. The molecule has 0 aliphatic carbocycles. The normalized spacial score (nSPS) is 9.47. The van der Waals surface area contributed by atoms with E-state index >= 15 is 0 Å². The van der Waals surface area contributed by atoms with Gasteiger partial charge >= 0.3 is 0 Å². The van der Waals surface area contributed by atoms with E-state index in [1.807, 2.05) is 19.1 Å². The van der Waals surface area contributed by atoms with Crippen molar-refractivity contribution in [3.05, 3.63) is 30.9 Å². The molecule has 1 aromatic rings. The van der Waals surface area contributed by atoms with E-state index in [4.69, 9.17) is 14.2 Å². The van der Waals surface area contributed by atoms with Crippen molar-refractivity contribution in [1.82, 2.24) is 0 Å². The third kappa shape index (κ3) is 3.20. The van der Waals surface area contributed by atoms with E-state index in [1.165, 1.54) is 0 Å². The largest absolute Gasteiger partial charge is 0.493 e. The number of benzene rings is 1. The highest BCUT2D eigenvalue weighted by molar-refractivity contribution is 5.45. The number of hydrogen-bond acceptors (Lipinski definition) is 3. The molecule has 0 amide bonds. The second kappa shape index (κ2) is 5.96. The van der Waals surface area contributed by atoms with Gasteiger partial charge in [0, 0.05) is 6.07 Å². The number of methoxy groups -OCH3 is 1. The van der Waals surface area contributed by atoms with Crippen LogP contribution >= 0.6 is 0 Å². The van der Waals surface area contributed by atoms with E-state index in [0.29, 0.717) is 19.0 Å². The van der Waals surface area contributed by atoms with E-state index in [9.17, 15) is 0 Å². The molecule has 3 heteroatoms. The van der Waals surface area contributed by atoms with E-state index in [0.717, 1.165) is 11.5 Å². The second-order valence-electron chi connectivity index (χ2n) is 2.85. The van der Waals surface area contributed by atoms with Crippen molar-refractivity contribution >= 4 is 0 Å². The summed E-state index contributed by atoms with van der Waals surface area (Å²) in [6.07, 6.45) is 1.70. The highest BCUT2D eigenvalue weighted by Gasteiger charge is 2.05. The Kier molecular flexibility index (Phi) is 4.54. The molecule has 82 valence electrons. The van der Waals surface area contributed by atoms with Gasteiger partial charge in [0.05, 0.1) is 13.7 Å². The van der Waals surface area contributed by atoms with E-state index in [1.54, 1.807) is 19.3 Å². The molecule has 0 N–H and O–H groups in total. The quantitative estimate of drug-likeness (QED) is 0.673. The lowest BCUT2D eigenvalue weighted by Crippen LogP contribution is -1.97. The van der Waals surface area contributed by atoms with Crippen LogP contribution in [0.25, 0.3) is 0 Å². The maximum absolute atomic E-state index is 5.39. The van der Waals surface area contributed by atoms with Crippen molar-refractivity contribution in [3.8, 4) is 17.2 Å². The third-order valence-corrected chi connectivity index (χ3v) is 1.80. The summed E-state index contributed by atoms with van der Waals surface area (Å²) in [6.45, 7) is 6.61. The first-order chi connectivity index (χ1) is 7.31. The van der Waals surface area contributed by atoms with Crippen LogP contribution in [0, 0.1) is 0 Å². The van der Waals surface area contributed by atoms with Crippen LogP contribution in [-0.4, -0.2) is 20.3 Å². The van der Waals surface area contributed by atoms with Gasteiger partial charge in [0.2, 0.25) is 0 Å². The number of ether oxygens (including phenoxy) is 3. The maximum atomic E-state index is 5.39. The fourth-order valence-electron chi connectivity index (χ4n) is 1.17. The molecule has 1 aromatic carbocycles. The van der Waals surface area contributed by atoms with Gasteiger partial charge in [-0.2, -0.15) is 0 Å². The Morgan fingerprint density at radius 1 is 1.27 bits per heavy atom. The Bertz CT molecular complexity index is 321. The van der Waals surface area contributed by atoms with Gasteiger partial charge in [0.25, 0.3) is 0 Å². The fraction of sp³-hybridized carbons (Fsp3) is 0.333. The summed E-state index contributed by atoms with van der Waals surface area (Å²) in [7, 11) is 1.61. The molecule has 3 nitrogen and oxygen atoms in total. The van der Waals surface area contributed by atoms with Crippen molar-refractivity contribution in [3.63, 3.8) is 0 Å². The summed E-state index contributed by atoms with van der Waals surface area (Å²) in [5, 5.41) is 0. The van der Waals surface area contributed by atoms with Gasteiger partial charge in [-0.3, -0.25) is 0 Å². The molecule has 0 fully saturated rings. The molecule has 0 spiro atoms. The predicted molar refractivity (Wildman–Crippen MR) is 59.9 cm³/mol. The molecule has 0 heterocycles. The summed E-state index contributed by atoms with van der Waals surface area (Å²) < 4.78 is 16.0. The van der Waals surface area contributed by atoms with E-state index in [2.05, 4.69) is 6.58 Å². The van der Waals surface area contributed by atoms with Crippen LogP contribution in [0.2, 0.25) is 0 Å². The summed E-state index contributed by atoms with van der Waals surface area (Å²) >= 11 is 0. The SMILES string of the molecule is C=CCOc1ccc(OCC)c(OC)c1. The molecule has 0 bridgehead atoms. The van der Waals surface area contributed by atoms with Crippen LogP contribution in [0.15, 0.2) is 30.9 Å². The fourth-order valence-corrected chi connectivity index (χ4v) is 1.17. The Morgan fingerprint density at radius 2 is 2.07 bits per heavy atom. The minimum atomic E-state index is 0.483. The topological polar surface area (TPSA) is 27.7 Å². The molecule has 0 atom stereocenters. The van der Waals surface area contributed by atoms with Crippen molar-refractivity contribution in [2.45, 2.75) is 6.92 Å². The van der Waals surface area contributed by atoms with Gasteiger partial charge in [-0.1, -0.05) is 12.7 Å². The number of hydrogen-bond donors (Lipinski definition) is 0. The summed E-state index contributed by atoms with van der Waals surface area (Å²) in [6, 6.07) is 5.48. The van der Waals surface area contributed by atoms with Crippen LogP contribution < -0.4 is 14.2 Å².